The van der Waals surface area contributed by atoms with Gasteiger partial charge in [0.2, 0.25) is 10.0 Å². The number of aromatic nitrogens is 1. The molecule has 0 spiro atoms. The highest BCUT2D eigenvalue weighted by atomic mass is 35.5. The molecule has 5 nitrogen and oxygen atoms in total. The summed E-state index contributed by atoms with van der Waals surface area (Å²) in [7, 11) is -2.07. The van der Waals surface area contributed by atoms with E-state index >= 15 is 0 Å². The lowest BCUT2D eigenvalue weighted by Gasteiger charge is -2.10. The van der Waals surface area contributed by atoms with Crippen LogP contribution in [-0.4, -0.2) is 27.1 Å². The van der Waals surface area contributed by atoms with Crippen LogP contribution in [0.25, 0.3) is 10.9 Å². The molecular formula is C12H13ClN2O3S. The van der Waals surface area contributed by atoms with Crippen LogP contribution in [-0.2, 0) is 10.0 Å². The van der Waals surface area contributed by atoms with E-state index in [0.717, 1.165) is 0 Å². The average Bonchev–Trinajstić information content (AvgIpc) is 2.37. The summed E-state index contributed by atoms with van der Waals surface area (Å²) in [5.74, 6) is 0.480. The van der Waals surface area contributed by atoms with Gasteiger partial charge in [0, 0.05) is 11.9 Å². The molecule has 0 saturated heterocycles. The zero-order chi connectivity index (χ0) is 14.0. The number of methoxy groups -OCH3 is 1. The fourth-order valence-corrected chi connectivity index (χ4v) is 3.19. The van der Waals surface area contributed by atoms with Crippen molar-refractivity contribution in [3.63, 3.8) is 0 Å². The van der Waals surface area contributed by atoms with Crippen molar-refractivity contribution in [2.75, 3.05) is 13.7 Å². The fourth-order valence-electron chi connectivity index (χ4n) is 1.81. The highest BCUT2D eigenvalue weighted by molar-refractivity contribution is 7.89. The van der Waals surface area contributed by atoms with Crippen LogP contribution in [0, 0.1) is 0 Å². The highest BCUT2D eigenvalue weighted by Gasteiger charge is 2.19. The number of benzene rings is 1. The van der Waals surface area contributed by atoms with E-state index in [0.29, 0.717) is 23.2 Å². The number of nitrogens with zero attached hydrogens (tertiary/aromatic N) is 1. The first-order valence-electron chi connectivity index (χ1n) is 5.62. The zero-order valence-electron chi connectivity index (χ0n) is 10.5. The molecular weight excluding hydrogens is 288 g/mol. The normalized spacial score (nSPS) is 11.7. The predicted octanol–water partition coefficient (Wildman–Crippen LogP) is 2.20. The molecule has 0 saturated carbocycles. The molecule has 1 heterocycles. The van der Waals surface area contributed by atoms with Gasteiger partial charge in [-0.05, 0) is 24.3 Å². The van der Waals surface area contributed by atoms with E-state index in [2.05, 4.69) is 9.71 Å². The summed E-state index contributed by atoms with van der Waals surface area (Å²) in [6.07, 6.45) is 0. The summed E-state index contributed by atoms with van der Waals surface area (Å²) in [5.41, 5.74) is 0.425. The van der Waals surface area contributed by atoms with E-state index in [1.807, 2.05) is 0 Å². The van der Waals surface area contributed by atoms with Gasteiger partial charge < -0.3 is 4.74 Å². The minimum Gasteiger partial charge on any atom is -0.494 e. The van der Waals surface area contributed by atoms with Gasteiger partial charge in [-0.15, -0.1) is 0 Å². The minimum absolute atomic E-state index is 0.161. The first-order valence-corrected chi connectivity index (χ1v) is 7.48. The van der Waals surface area contributed by atoms with Crippen LogP contribution >= 0.6 is 11.6 Å². The lowest BCUT2D eigenvalue weighted by atomic mass is 10.2. The van der Waals surface area contributed by atoms with E-state index in [-0.39, 0.29) is 10.0 Å². The maximum Gasteiger partial charge on any atom is 0.241 e. The van der Waals surface area contributed by atoms with Gasteiger partial charge in [0.25, 0.3) is 0 Å². The molecule has 1 N–H and O–H groups in total. The number of hydrogen-bond donors (Lipinski definition) is 1. The van der Waals surface area contributed by atoms with Gasteiger partial charge in [0.15, 0.2) is 0 Å². The van der Waals surface area contributed by atoms with Crippen molar-refractivity contribution < 1.29 is 13.2 Å². The average molecular weight is 301 g/mol. The monoisotopic (exact) mass is 300 g/mol. The second kappa shape index (κ2) is 5.32. The number of nitrogens with one attached hydrogen (secondary N) is 1. The lowest BCUT2D eigenvalue weighted by Crippen LogP contribution is -2.23. The molecule has 2 aromatic rings. The summed E-state index contributed by atoms with van der Waals surface area (Å²) < 4.78 is 31.9. The van der Waals surface area contributed by atoms with Gasteiger partial charge in [-0.3, -0.25) is 0 Å². The molecule has 19 heavy (non-hydrogen) atoms. The van der Waals surface area contributed by atoms with E-state index < -0.39 is 10.0 Å². The van der Waals surface area contributed by atoms with E-state index in [1.165, 1.54) is 13.2 Å². The molecule has 2 rings (SSSR count). The highest BCUT2D eigenvalue weighted by Crippen LogP contribution is 2.30. The SMILES string of the molecule is CCNS(=O)(=O)c1ccc(OC)c2nc(Cl)ccc12. The Bertz CT molecular complexity index is 716. The molecule has 0 aliphatic carbocycles. The Balaban J connectivity index is 2.78. The molecule has 0 fully saturated rings. The summed E-state index contributed by atoms with van der Waals surface area (Å²) in [5, 5.41) is 0.758. The van der Waals surface area contributed by atoms with Gasteiger partial charge in [0.05, 0.1) is 12.0 Å². The van der Waals surface area contributed by atoms with Gasteiger partial charge >= 0.3 is 0 Å². The molecule has 0 amide bonds. The third kappa shape index (κ3) is 2.65. The van der Waals surface area contributed by atoms with E-state index in [9.17, 15) is 8.42 Å². The lowest BCUT2D eigenvalue weighted by molar-refractivity contribution is 0.418. The summed E-state index contributed by atoms with van der Waals surface area (Å²) in [6, 6.07) is 6.23. The topological polar surface area (TPSA) is 68.3 Å². The van der Waals surface area contributed by atoms with Crippen LogP contribution in [0.5, 0.6) is 5.75 Å². The Kier molecular flexibility index (Phi) is 3.93. The van der Waals surface area contributed by atoms with Gasteiger partial charge in [-0.2, -0.15) is 0 Å². The smallest absolute Gasteiger partial charge is 0.241 e. The second-order valence-electron chi connectivity index (χ2n) is 3.80. The molecule has 7 heteroatoms. The number of sulfonamides is 1. The summed E-state index contributed by atoms with van der Waals surface area (Å²) >= 11 is 5.84. The van der Waals surface area contributed by atoms with Crippen LogP contribution < -0.4 is 9.46 Å². The molecule has 0 unspecified atom stereocenters. The second-order valence-corrected chi connectivity index (χ2v) is 5.92. The Morgan fingerprint density at radius 3 is 2.68 bits per heavy atom. The van der Waals surface area contributed by atoms with Crippen LogP contribution in [0.3, 0.4) is 0 Å². The van der Waals surface area contributed by atoms with Crippen LogP contribution in [0.4, 0.5) is 0 Å². The van der Waals surface area contributed by atoms with Crippen molar-refractivity contribution in [3.8, 4) is 5.75 Å². The van der Waals surface area contributed by atoms with E-state index in [4.69, 9.17) is 16.3 Å². The Morgan fingerprint density at radius 2 is 2.05 bits per heavy atom. The molecule has 1 aromatic carbocycles. The largest absolute Gasteiger partial charge is 0.494 e. The van der Waals surface area contributed by atoms with Crippen molar-refractivity contribution >= 4 is 32.5 Å². The molecule has 0 radical (unpaired) electrons. The number of halogens is 1. The maximum atomic E-state index is 12.1. The Labute approximate surface area is 116 Å². The standard InChI is InChI=1S/C12H13ClN2O3S/c1-3-14-19(16,17)10-6-5-9(18-2)12-8(10)4-7-11(13)15-12/h4-7,14H,3H2,1-2H3. The third-order valence-corrected chi connectivity index (χ3v) is 4.40. The van der Waals surface area contributed by atoms with Crippen LogP contribution in [0.1, 0.15) is 6.92 Å². The molecule has 0 atom stereocenters. The predicted molar refractivity (Wildman–Crippen MR) is 74.2 cm³/mol. The van der Waals surface area contributed by atoms with Crippen molar-refractivity contribution in [1.82, 2.24) is 9.71 Å². The molecule has 0 aliphatic heterocycles. The first-order chi connectivity index (χ1) is 8.99. The zero-order valence-corrected chi connectivity index (χ0v) is 12.0. The number of fused-ring (bicyclic) bond motifs is 1. The number of rotatable bonds is 4. The minimum atomic E-state index is -3.56. The quantitative estimate of drug-likeness (QED) is 0.879. The number of hydrogen-bond acceptors (Lipinski definition) is 4. The Morgan fingerprint density at radius 1 is 1.32 bits per heavy atom. The van der Waals surface area contributed by atoms with E-state index in [1.54, 1.807) is 25.1 Å². The molecule has 102 valence electrons. The maximum absolute atomic E-state index is 12.1. The molecule has 0 aliphatic rings. The summed E-state index contributed by atoms with van der Waals surface area (Å²) in [6.45, 7) is 2.04. The third-order valence-electron chi connectivity index (χ3n) is 2.59. The summed E-state index contributed by atoms with van der Waals surface area (Å²) in [4.78, 5) is 4.29. The van der Waals surface area contributed by atoms with Crippen molar-refractivity contribution in [2.45, 2.75) is 11.8 Å². The number of pyridine rings is 1. The van der Waals surface area contributed by atoms with Crippen LogP contribution in [0.2, 0.25) is 5.15 Å². The van der Waals surface area contributed by atoms with Crippen LogP contribution in [0.15, 0.2) is 29.2 Å². The van der Waals surface area contributed by atoms with Crippen molar-refractivity contribution in [1.29, 1.82) is 0 Å². The van der Waals surface area contributed by atoms with Gasteiger partial charge in [0.1, 0.15) is 16.4 Å². The van der Waals surface area contributed by atoms with Crippen molar-refractivity contribution in [3.05, 3.63) is 29.4 Å². The van der Waals surface area contributed by atoms with Gasteiger partial charge in [-0.1, -0.05) is 18.5 Å². The van der Waals surface area contributed by atoms with Crippen molar-refractivity contribution in [2.24, 2.45) is 0 Å². The van der Waals surface area contributed by atoms with Gasteiger partial charge in [-0.25, -0.2) is 18.1 Å². The molecule has 0 bridgehead atoms. The fraction of sp³-hybridized carbons (Fsp3) is 0.250. The number of ether oxygens (including phenoxy) is 1. The Hall–Kier alpha value is -1.37. The first kappa shape index (κ1) is 14.0. The molecule has 1 aromatic heterocycles.